The van der Waals surface area contributed by atoms with E-state index >= 15 is 0 Å². The Morgan fingerprint density at radius 3 is 2.36 bits per heavy atom. The van der Waals surface area contributed by atoms with Gasteiger partial charge in [0.1, 0.15) is 29.6 Å². The van der Waals surface area contributed by atoms with Gasteiger partial charge < -0.3 is 24.6 Å². The highest BCUT2D eigenvalue weighted by atomic mass is 31.2. The van der Waals surface area contributed by atoms with Crippen LogP contribution in [0.2, 0.25) is 0 Å². The van der Waals surface area contributed by atoms with Crippen LogP contribution in [0.1, 0.15) is 41.0 Å². The van der Waals surface area contributed by atoms with Crippen LogP contribution in [0.5, 0.6) is 5.75 Å². The largest absolute Gasteiger partial charge is 0.461 e. The molecule has 13 nitrogen and oxygen atoms in total. The van der Waals surface area contributed by atoms with Gasteiger partial charge in [-0.1, -0.05) is 32.0 Å². The van der Waals surface area contributed by atoms with Gasteiger partial charge in [-0.3, -0.25) is 23.7 Å². The van der Waals surface area contributed by atoms with Gasteiger partial charge in [0.15, 0.2) is 0 Å². The van der Waals surface area contributed by atoms with Gasteiger partial charge >= 0.3 is 19.4 Å². The van der Waals surface area contributed by atoms with Crippen LogP contribution in [0.4, 0.5) is 0 Å². The molecule has 6 atom stereocenters. The van der Waals surface area contributed by atoms with Crippen molar-refractivity contribution in [3.8, 4) is 5.75 Å². The summed E-state index contributed by atoms with van der Waals surface area (Å²) in [6.07, 6.45) is -2.32. The fraction of sp³-hybridized carbons (Fsp3) is 0.560. The molecule has 2 rings (SSSR count). The molecule has 0 saturated carbocycles. The molecule has 5 N–H and O–H groups in total. The topological polar surface area (TPSA) is 189 Å². The van der Waals surface area contributed by atoms with Gasteiger partial charge in [-0.05, 0) is 45.2 Å². The Kier molecular flexibility index (Phi) is 11.6. The number of H-pyrrole nitrogens is 1. The summed E-state index contributed by atoms with van der Waals surface area (Å²) >= 11 is 0. The highest BCUT2D eigenvalue weighted by Gasteiger charge is 2.39. The van der Waals surface area contributed by atoms with Crippen molar-refractivity contribution in [3.63, 3.8) is 0 Å². The first-order valence-corrected chi connectivity index (χ1v) is 14.0. The van der Waals surface area contributed by atoms with Gasteiger partial charge in [0.25, 0.3) is 5.56 Å². The zero-order chi connectivity index (χ0) is 29.4. The third kappa shape index (κ3) is 10.4. The van der Waals surface area contributed by atoms with E-state index in [4.69, 9.17) is 13.8 Å². The van der Waals surface area contributed by atoms with Crippen molar-refractivity contribution in [2.24, 2.45) is 5.92 Å². The molecular formula is C25H38N3O10P. The van der Waals surface area contributed by atoms with Crippen molar-refractivity contribution in [2.45, 2.75) is 77.5 Å². The summed E-state index contributed by atoms with van der Waals surface area (Å²) in [6.45, 7) is 7.00. The number of hydrogen-bond acceptors (Lipinski definition) is 10. The number of aromatic nitrogens is 2. The first kappa shape index (κ1) is 32.4. The summed E-state index contributed by atoms with van der Waals surface area (Å²) in [5, 5.41) is 34.4. The Bertz CT molecular complexity index is 1230. The maximum Gasteiger partial charge on any atom is 0.459 e. The van der Waals surface area contributed by atoms with Gasteiger partial charge in [-0.2, -0.15) is 5.09 Å². The third-order valence-corrected chi connectivity index (χ3v) is 7.24. The number of aromatic amines is 1. The number of carbonyl (C=O) groups is 1. The Balaban J connectivity index is 2.13. The first-order chi connectivity index (χ1) is 18.1. The molecule has 1 aromatic carbocycles. The summed E-state index contributed by atoms with van der Waals surface area (Å²) in [4.78, 5) is 37.8. The summed E-state index contributed by atoms with van der Waals surface area (Å²) in [5.41, 5.74) is -3.54. The molecule has 0 aliphatic rings. The van der Waals surface area contributed by atoms with Crippen LogP contribution in [0.3, 0.4) is 0 Å². The summed E-state index contributed by atoms with van der Waals surface area (Å²) in [7, 11) is -4.35. The number of ether oxygens (including phenoxy) is 1. The lowest BCUT2D eigenvalue weighted by atomic mass is 9.95. The molecule has 14 heteroatoms. The van der Waals surface area contributed by atoms with Crippen LogP contribution in [0.25, 0.3) is 0 Å². The highest BCUT2D eigenvalue weighted by Crippen LogP contribution is 2.45. The molecule has 0 aliphatic heterocycles. The molecule has 0 amide bonds. The molecule has 3 unspecified atom stereocenters. The molecule has 0 bridgehead atoms. The molecule has 218 valence electrons. The summed E-state index contributed by atoms with van der Waals surface area (Å²) < 4.78 is 30.8. The molecule has 1 heterocycles. The minimum atomic E-state index is -4.35. The average Bonchev–Trinajstić information content (AvgIpc) is 2.83. The van der Waals surface area contributed by atoms with E-state index < -0.39 is 62.0 Å². The molecular weight excluding hydrogens is 533 g/mol. The lowest BCUT2D eigenvalue weighted by molar-refractivity contribution is -0.150. The van der Waals surface area contributed by atoms with E-state index in [9.17, 15) is 34.3 Å². The SMILES string of the molecule is CC(C)CC(C)OC(=O)[C@H](C)NP(=O)(OCC(O)[C@@H](O)[C@@](C)(O)Cn1ccc(=O)[nH]c1=O)Oc1ccccc1. The van der Waals surface area contributed by atoms with E-state index in [1.807, 2.05) is 18.8 Å². The van der Waals surface area contributed by atoms with E-state index in [1.165, 1.54) is 19.1 Å². The van der Waals surface area contributed by atoms with Crippen LogP contribution >= 0.6 is 7.75 Å². The second kappa shape index (κ2) is 14.0. The molecule has 0 aliphatic carbocycles. The Hall–Kier alpha value is -2.80. The predicted octanol–water partition coefficient (Wildman–Crippen LogP) is 1.17. The van der Waals surface area contributed by atoms with E-state index in [2.05, 4.69) is 5.09 Å². The minimum Gasteiger partial charge on any atom is -0.461 e. The first-order valence-electron chi connectivity index (χ1n) is 12.5. The quantitative estimate of drug-likeness (QED) is 0.152. The van der Waals surface area contributed by atoms with Crippen LogP contribution in [0, 0.1) is 5.92 Å². The number of nitrogens with zero attached hydrogens (tertiary/aromatic N) is 1. The number of nitrogens with one attached hydrogen (secondary N) is 2. The van der Waals surface area contributed by atoms with Gasteiger partial charge in [-0.25, -0.2) is 9.36 Å². The number of aliphatic hydroxyl groups excluding tert-OH is 2. The molecule has 39 heavy (non-hydrogen) atoms. The number of benzene rings is 1. The lowest BCUT2D eigenvalue weighted by Gasteiger charge is -2.33. The van der Waals surface area contributed by atoms with Gasteiger partial charge in [0.2, 0.25) is 0 Å². The molecule has 0 spiro atoms. The predicted molar refractivity (Wildman–Crippen MR) is 142 cm³/mol. The summed E-state index contributed by atoms with van der Waals surface area (Å²) in [5.74, 6) is -0.264. The van der Waals surface area contributed by atoms with E-state index in [-0.39, 0.29) is 11.9 Å². The van der Waals surface area contributed by atoms with E-state index in [0.717, 1.165) is 23.8 Å². The van der Waals surface area contributed by atoms with Gasteiger partial charge in [0, 0.05) is 12.3 Å². The fourth-order valence-corrected chi connectivity index (χ4v) is 5.21. The maximum absolute atomic E-state index is 13.6. The van der Waals surface area contributed by atoms with Crippen molar-refractivity contribution in [1.82, 2.24) is 14.6 Å². The Labute approximate surface area is 226 Å². The number of esters is 1. The minimum absolute atomic E-state index is 0.140. The molecule has 2 aromatic rings. The van der Waals surface area contributed by atoms with Crippen LogP contribution in [-0.4, -0.2) is 67.4 Å². The normalized spacial score (nSPS) is 17.9. The van der Waals surface area contributed by atoms with E-state index in [1.54, 1.807) is 25.1 Å². The standard InChI is InChI=1S/C25H38N3O10P/c1-16(2)13-17(3)37-23(32)18(4)27-39(35,38-19-9-7-6-8-10-19)36-14-20(29)22(31)25(5,34)15-28-12-11-21(30)26-24(28)33/h6-12,16-18,20,22,29,31,34H,13-15H2,1-5H3,(H,27,35)(H,26,30,33)/t17?,18-,20?,22+,25-,39?/m0/s1. The molecule has 0 saturated heterocycles. The van der Waals surface area contributed by atoms with Crippen molar-refractivity contribution in [3.05, 3.63) is 63.4 Å². The second-order valence-electron chi connectivity index (χ2n) is 10.0. The van der Waals surface area contributed by atoms with Crippen molar-refractivity contribution in [1.29, 1.82) is 0 Å². The number of para-hydroxylation sites is 1. The Morgan fingerprint density at radius 2 is 1.77 bits per heavy atom. The average molecular weight is 572 g/mol. The molecule has 0 radical (unpaired) electrons. The maximum atomic E-state index is 13.6. The van der Waals surface area contributed by atoms with Crippen molar-refractivity contribution >= 4 is 13.7 Å². The monoisotopic (exact) mass is 571 g/mol. The number of hydrogen-bond donors (Lipinski definition) is 5. The highest BCUT2D eigenvalue weighted by molar-refractivity contribution is 7.52. The fourth-order valence-electron chi connectivity index (χ4n) is 3.70. The molecule has 1 aromatic heterocycles. The zero-order valence-corrected chi connectivity index (χ0v) is 23.5. The van der Waals surface area contributed by atoms with E-state index in [0.29, 0.717) is 12.3 Å². The third-order valence-electron chi connectivity index (χ3n) is 5.60. The van der Waals surface area contributed by atoms with Gasteiger partial charge in [0.05, 0.1) is 19.3 Å². The number of aliphatic hydroxyl groups is 3. The van der Waals surface area contributed by atoms with Crippen LogP contribution in [0.15, 0.2) is 52.2 Å². The number of rotatable bonds is 15. The second-order valence-corrected chi connectivity index (χ2v) is 11.7. The van der Waals surface area contributed by atoms with Crippen molar-refractivity contribution < 1.29 is 38.5 Å². The lowest BCUT2D eigenvalue weighted by Crippen LogP contribution is -2.52. The molecule has 0 fully saturated rings. The van der Waals surface area contributed by atoms with Crippen LogP contribution in [-0.2, 0) is 25.2 Å². The van der Waals surface area contributed by atoms with Crippen LogP contribution < -0.4 is 20.9 Å². The Morgan fingerprint density at radius 1 is 1.13 bits per heavy atom. The van der Waals surface area contributed by atoms with Gasteiger partial charge in [-0.15, -0.1) is 0 Å². The zero-order valence-electron chi connectivity index (χ0n) is 22.6. The summed E-state index contributed by atoms with van der Waals surface area (Å²) in [6, 6.07) is 7.89. The number of carbonyl (C=O) groups excluding carboxylic acids is 1. The van der Waals surface area contributed by atoms with Crippen molar-refractivity contribution in [2.75, 3.05) is 6.61 Å². The smallest absolute Gasteiger partial charge is 0.459 e.